The number of aromatic nitrogens is 2. The smallest absolute Gasteiger partial charge is 0.248 e. The molecule has 0 unspecified atom stereocenters. The fraction of sp³-hybridized carbons (Fsp3) is 0.346. The van der Waals surface area contributed by atoms with Crippen molar-refractivity contribution in [1.82, 2.24) is 14.9 Å². The lowest BCUT2D eigenvalue weighted by Gasteiger charge is -2.48. The number of rotatable bonds is 7. The number of carbonyl (C=O) groups is 1. The summed E-state index contributed by atoms with van der Waals surface area (Å²) in [6.07, 6.45) is 7.21. The number of ether oxygens (including phenoxy) is 2. The third-order valence-electron chi connectivity index (χ3n) is 6.59. The average Bonchev–Trinajstić information content (AvgIpc) is 2.85. The number of fused-ring (bicyclic) bond motifs is 1. The Morgan fingerprint density at radius 3 is 2.92 bits per heavy atom. The largest absolute Gasteiger partial charge is 0.494 e. The van der Waals surface area contributed by atoms with E-state index in [0.29, 0.717) is 45.8 Å². The van der Waals surface area contributed by atoms with Crippen LogP contribution in [-0.4, -0.2) is 60.7 Å². The van der Waals surface area contributed by atoms with Gasteiger partial charge in [-0.3, -0.25) is 9.69 Å². The molecule has 2 fully saturated rings. The van der Waals surface area contributed by atoms with Gasteiger partial charge in [-0.1, -0.05) is 17.7 Å². The van der Waals surface area contributed by atoms with Gasteiger partial charge in [-0.05, 0) is 43.7 Å². The molecule has 0 bridgehead atoms. The predicted octanol–water partition coefficient (Wildman–Crippen LogP) is 4.78. The normalized spacial score (nSPS) is 17.3. The van der Waals surface area contributed by atoms with Crippen molar-refractivity contribution in [2.75, 3.05) is 50.6 Å². The summed E-state index contributed by atoms with van der Waals surface area (Å²) in [5.41, 5.74) is 1.97. The summed E-state index contributed by atoms with van der Waals surface area (Å²) in [7, 11) is 1.53. The Labute approximate surface area is 213 Å². The van der Waals surface area contributed by atoms with Crippen LogP contribution in [0.1, 0.15) is 12.8 Å². The van der Waals surface area contributed by atoms with Crippen molar-refractivity contribution in [3.63, 3.8) is 0 Å². The van der Waals surface area contributed by atoms with Crippen LogP contribution < -0.4 is 15.4 Å². The van der Waals surface area contributed by atoms with E-state index in [1.54, 1.807) is 24.3 Å². The van der Waals surface area contributed by atoms with E-state index in [9.17, 15) is 9.18 Å². The molecular formula is C26H27ClFN5O3. The van der Waals surface area contributed by atoms with E-state index in [0.717, 1.165) is 32.7 Å². The zero-order valence-corrected chi connectivity index (χ0v) is 20.6. The Hall–Kier alpha value is -3.27. The Kier molecular flexibility index (Phi) is 7.04. The highest BCUT2D eigenvalue weighted by atomic mass is 35.5. The second kappa shape index (κ2) is 10.4. The van der Waals surface area contributed by atoms with Gasteiger partial charge in [0, 0.05) is 41.7 Å². The number of piperidine rings is 1. The van der Waals surface area contributed by atoms with Crippen LogP contribution in [-0.2, 0) is 9.53 Å². The van der Waals surface area contributed by atoms with Crippen molar-refractivity contribution in [2.45, 2.75) is 12.8 Å². The number of benzene rings is 2. The first kappa shape index (κ1) is 24.4. The van der Waals surface area contributed by atoms with E-state index >= 15 is 0 Å². The van der Waals surface area contributed by atoms with E-state index in [1.807, 2.05) is 6.08 Å². The van der Waals surface area contributed by atoms with E-state index in [4.69, 9.17) is 21.1 Å². The lowest BCUT2D eigenvalue weighted by molar-refractivity contribution is -0.142. The molecule has 0 radical (unpaired) electrons. The Morgan fingerprint density at radius 2 is 2.17 bits per heavy atom. The predicted molar refractivity (Wildman–Crippen MR) is 137 cm³/mol. The van der Waals surface area contributed by atoms with Crippen molar-refractivity contribution in [3.05, 3.63) is 59.7 Å². The van der Waals surface area contributed by atoms with Crippen molar-refractivity contribution in [2.24, 2.45) is 5.41 Å². The van der Waals surface area contributed by atoms with Crippen LogP contribution in [0.5, 0.6) is 5.75 Å². The fourth-order valence-electron chi connectivity index (χ4n) is 4.74. The standard InChI is InChI=1S/C26H27ClFN5O3/c1-35-23-12-21-18(25(30-16-29-21)31-17-5-6-20(28)19(27)10-17)11-22(23)32-24(34)4-2-8-33-9-3-7-26(13-33)14-36-15-26/h2,4-6,10-12,16H,3,7-9,13-15H2,1H3,(H,32,34)(H,29,30,31). The van der Waals surface area contributed by atoms with Crippen molar-refractivity contribution >= 4 is 45.6 Å². The lowest BCUT2D eigenvalue weighted by Crippen LogP contribution is -2.54. The minimum Gasteiger partial charge on any atom is -0.494 e. The number of amides is 1. The van der Waals surface area contributed by atoms with Gasteiger partial charge in [-0.25, -0.2) is 14.4 Å². The molecule has 2 N–H and O–H groups in total. The molecule has 2 aromatic carbocycles. The van der Waals surface area contributed by atoms with Crippen LogP contribution in [0.2, 0.25) is 5.02 Å². The summed E-state index contributed by atoms with van der Waals surface area (Å²) >= 11 is 5.91. The first-order valence-corrected chi connectivity index (χ1v) is 12.1. The minimum atomic E-state index is -0.505. The summed E-state index contributed by atoms with van der Waals surface area (Å²) in [6, 6.07) is 7.79. The zero-order valence-electron chi connectivity index (χ0n) is 19.9. The highest BCUT2D eigenvalue weighted by Crippen LogP contribution is 2.37. The molecule has 36 heavy (non-hydrogen) atoms. The third kappa shape index (κ3) is 5.28. The molecule has 5 rings (SSSR count). The van der Waals surface area contributed by atoms with E-state index in [1.165, 1.54) is 32.0 Å². The molecule has 1 aromatic heterocycles. The molecule has 0 atom stereocenters. The van der Waals surface area contributed by atoms with Gasteiger partial charge in [0.05, 0.1) is 36.6 Å². The van der Waals surface area contributed by atoms with Gasteiger partial charge in [0.1, 0.15) is 23.7 Å². The number of hydrogen-bond donors (Lipinski definition) is 2. The molecule has 1 amide bonds. The SMILES string of the molecule is COc1cc2ncnc(Nc3ccc(F)c(Cl)c3)c2cc1NC(=O)C=CCN1CCCC2(COC2)C1. The van der Waals surface area contributed by atoms with Gasteiger partial charge in [0.15, 0.2) is 0 Å². The van der Waals surface area contributed by atoms with E-state index in [-0.39, 0.29) is 10.9 Å². The summed E-state index contributed by atoms with van der Waals surface area (Å²) in [5, 5.41) is 6.68. The molecule has 2 aliphatic heterocycles. The second-order valence-corrected chi connectivity index (χ2v) is 9.68. The molecule has 10 heteroatoms. The van der Waals surface area contributed by atoms with Gasteiger partial charge in [-0.15, -0.1) is 0 Å². The monoisotopic (exact) mass is 511 g/mol. The maximum absolute atomic E-state index is 13.5. The number of halogens is 2. The number of nitrogens with zero attached hydrogens (tertiary/aromatic N) is 3. The molecule has 2 aliphatic rings. The summed E-state index contributed by atoms with van der Waals surface area (Å²) in [6.45, 7) is 4.42. The molecule has 1 spiro atoms. The van der Waals surface area contributed by atoms with Crippen molar-refractivity contribution < 1.29 is 18.7 Å². The lowest BCUT2D eigenvalue weighted by atomic mass is 9.78. The molecule has 0 saturated carbocycles. The number of carbonyl (C=O) groups excluding carboxylic acids is 1. The van der Waals surface area contributed by atoms with E-state index in [2.05, 4.69) is 25.5 Å². The minimum absolute atomic E-state index is 0.000475. The van der Waals surface area contributed by atoms with Crippen LogP contribution >= 0.6 is 11.6 Å². The third-order valence-corrected chi connectivity index (χ3v) is 6.88. The highest BCUT2D eigenvalue weighted by Gasteiger charge is 2.41. The Balaban J connectivity index is 1.31. The van der Waals surface area contributed by atoms with Crippen LogP contribution in [0.3, 0.4) is 0 Å². The number of anilines is 3. The van der Waals surface area contributed by atoms with Crippen LogP contribution in [0.15, 0.2) is 48.8 Å². The van der Waals surface area contributed by atoms with Crippen LogP contribution in [0.25, 0.3) is 10.9 Å². The van der Waals surface area contributed by atoms with E-state index < -0.39 is 5.82 Å². The summed E-state index contributed by atoms with van der Waals surface area (Å²) in [5.74, 6) is 0.189. The maximum atomic E-state index is 13.5. The topological polar surface area (TPSA) is 88.6 Å². The number of likely N-dealkylation sites (tertiary alicyclic amines) is 1. The van der Waals surface area contributed by atoms with Gasteiger partial charge in [-0.2, -0.15) is 0 Å². The van der Waals surface area contributed by atoms with Crippen molar-refractivity contribution in [1.29, 1.82) is 0 Å². The maximum Gasteiger partial charge on any atom is 0.248 e. The second-order valence-electron chi connectivity index (χ2n) is 9.27. The first-order chi connectivity index (χ1) is 17.4. The van der Waals surface area contributed by atoms with Crippen LogP contribution in [0.4, 0.5) is 21.6 Å². The van der Waals surface area contributed by atoms with Gasteiger partial charge >= 0.3 is 0 Å². The van der Waals surface area contributed by atoms with Gasteiger partial charge < -0.3 is 20.1 Å². The zero-order chi connectivity index (χ0) is 25.1. The summed E-state index contributed by atoms with van der Waals surface area (Å²) < 4.78 is 24.4. The quantitative estimate of drug-likeness (QED) is 0.441. The first-order valence-electron chi connectivity index (χ1n) is 11.8. The number of nitrogens with one attached hydrogen (secondary N) is 2. The highest BCUT2D eigenvalue weighted by molar-refractivity contribution is 6.31. The molecule has 3 aromatic rings. The van der Waals surface area contributed by atoms with Crippen molar-refractivity contribution in [3.8, 4) is 5.75 Å². The van der Waals surface area contributed by atoms with Gasteiger partial charge in [0.25, 0.3) is 0 Å². The fourth-order valence-corrected chi connectivity index (χ4v) is 4.92. The molecular weight excluding hydrogens is 485 g/mol. The molecule has 8 nitrogen and oxygen atoms in total. The molecule has 188 valence electrons. The summed E-state index contributed by atoms with van der Waals surface area (Å²) in [4.78, 5) is 23.7. The van der Waals surface area contributed by atoms with Crippen LogP contribution in [0, 0.1) is 11.2 Å². The Bertz CT molecular complexity index is 1310. The average molecular weight is 512 g/mol. The van der Waals surface area contributed by atoms with Gasteiger partial charge in [0.2, 0.25) is 5.91 Å². The number of hydrogen-bond acceptors (Lipinski definition) is 7. The Morgan fingerprint density at radius 1 is 1.31 bits per heavy atom. The number of methoxy groups -OCH3 is 1. The molecule has 3 heterocycles. The molecule has 2 saturated heterocycles. The molecule has 0 aliphatic carbocycles.